The molecule has 4 rings (SSSR count). The number of thiophene rings is 1. The number of carboxylic acids is 1. The molecule has 3 nitrogen and oxygen atoms in total. The minimum Gasteiger partial charge on any atom is -0.477 e. The average Bonchev–Trinajstić information content (AvgIpc) is 3.56. The van der Waals surface area contributed by atoms with E-state index in [9.17, 15) is 23.9 Å². The van der Waals surface area contributed by atoms with Gasteiger partial charge in [0.05, 0.1) is 0 Å². The summed E-state index contributed by atoms with van der Waals surface area (Å²) >= 11 is 1.55. The van der Waals surface area contributed by atoms with E-state index in [0.29, 0.717) is 0 Å². The molecular formula is C46H49F2NO2S. The summed E-state index contributed by atoms with van der Waals surface area (Å²) in [5.74, 6) is -1.84. The van der Waals surface area contributed by atoms with Crippen molar-refractivity contribution in [3.05, 3.63) is 145 Å². The summed E-state index contributed by atoms with van der Waals surface area (Å²) in [6.45, 7) is 8.72. The number of aliphatic carboxylic acids is 1. The molecule has 1 N–H and O–H groups in total. The Bertz CT molecular complexity index is 1910. The first-order valence-corrected chi connectivity index (χ1v) is 19.1. The van der Waals surface area contributed by atoms with E-state index < -0.39 is 5.97 Å². The second kappa shape index (κ2) is 20.2. The molecule has 6 heteroatoms. The number of carboxylic acid groups (broad SMARTS) is 1. The second-order valence-corrected chi connectivity index (χ2v) is 14.4. The molecule has 0 saturated carbocycles. The number of benzene rings is 3. The van der Waals surface area contributed by atoms with Crippen molar-refractivity contribution < 1.29 is 18.7 Å². The molecule has 0 radical (unpaired) electrons. The lowest BCUT2D eigenvalue weighted by atomic mass is 9.92. The Morgan fingerprint density at radius 3 is 1.87 bits per heavy atom. The predicted molar refractivity (Wildman–Crippen MR) is 215 cm³/mol. The van der Waals surface area contributed by atoms with Gasteiger partial charge in [0.15, 0.2) is 0 Å². The number of allylic oxidation sites excluding steroid dienone is 4. The highest BCUT2D eigenvalue weighted by atomic mass is 32.1. The highest BCUT2D eigenvalue weighted by Gasteiger charge is 2.15. The zero-order valence-corrected chi connectivity index (χ0v) is 31.6. The van der Waals surface area contributed by atoms with Gasteiger partial charge in [-0.2, -0.15) is 5.26 Å². The summed E-state index contributed by atoms with van der Waals surface area (Å²) in [6, 6.07) is 25.0. The van der Waals surface area contributed by atoms with Crippen molar-refractivity contribution in [2.24, 2.45) is 0 Å². The zero-order valence-electron chi connectivity index (χ0n) is 30.8. The van der Waals surface area contributed by atoms with Gasteiger partial charge < -0.3 is 5.11 Å². The van der Waals surface area contributed by atoms with Crippen molar-refractivity contribution in [3.63, 3.8) is 0 Å². The first-order valence-electron chi connectivity index (χ1n) is 18.3. The lowest BCUT2D eigenvalue weighted by Crippen LogP contribution is -1.96. The molecule has 0 spiro atoms. The molecule has 0 atom stereocenters. The fraction of sp³-hybridized carbons (Fsp3) is 0.304. The SMILES string of the molecule is CCCCCCC(/C=C(\C)c1sc(/C=C(/C#N)C(=O)O)cc1CCCCCC)=C(/C)c1ccc(C=C(c2ccc(F)cc2)c2ccc(F)cc2)cc1. The van der Waals surface area contributed by atoms with Gasteiger partial charge in [-0.3, -0.25) is 0 Å². The van der Waals surface area contributed by atoms with E-state index >= 15 is 0 Å². The van der Waals surface area contributed by atoms with Crippen LogP contribution in [0.3, 0.4) is 0 Å². The molecule has 4 aromatic rings. The summed E-state index contributed by atoms with van der Waals surface area (Å²) in [6.07, 6.45) is 16.8. The molecule has 0 saturated heterocycles. The van der Waals surface area contributed by atoms with Crippen LogP contribution in [0.1, 0.15) is 123 Å². The van der Waals surface area contributed by atoms with Crippen LogP contribution in [-0.4, -0.2) is 11.1 Å². The van der Waals surface area contributed by atoms with E-state index in [4.69, 9.17) is 0 Å². The summed E-state index contributed by atoms with van der Waals surface area (Å²) in [7, 11) is 0. The molecule has 270 valence electrons. The Balaban J connectivity index is 1.73. The van der Waals surface area contributed by atoms with Gasteiger partial charge >= 0.3 is 5.97 Å². The van der Waals surface area contributed by atoms with Crippen LogP contribution in [0.15, 0.2) is 96.1 Å². The lowest BCUT2D eigenvalue weighted by molar-refractivity contribution is -0.132. The number of hydrogen-bond acceptors (Lipinski definition) is 3. The van der Waals surface area contributed by atoms with Gasteiger partial charge in [0, 0.05) is 9.75 Å². The Hall–Kier alpha value is -4.86. The molecule has 0 aliphatic carbocycles. The van der Waals surface area contributed by atoms with Crippen LogP contribution in [0.5, 0.6) is 0 Å². The van der Waals surface area contributed by atoms with Crippen LogP contribution in [0.25, 0.3) is 28.9 Å². The number of unbranched alkanes of at least 4 members (excludes halogenated alkanes) is 6. The van der Waals surface area contributed by atoms with Crippen molar-refractivity contribution in [1.82, 2.24) is 0 Å². The molecule has 0 aliphatic rings. The number of hydrogen-bond donors (Lipinski definition) is 1. The lowest BCUT2D eigenvalue weighted by Gasteiger charge is -2.13. The molecule has 0 bridgehead atoms. The van der Waals surface area contributed by atoms with Crippen molar-refractivity contribution in [2.75, 3.05) is 0 Å². The molecular weight excluding hydrogens is 669 g/mol. The molecule has 0 aliphatic heterocycles. The number of rotatable bonds is 18. The molecule has 3 aromatic carbocycles. The van der Waals surface area contributed by atoms with Crippen molar-refractivity contribution in [1.29, 1.82) is 5.26 Å². The van der Waals surface area contributed by atoms with Crippen LogP contribution in [-0.2, 0) is 11.2 Å². The minimum absolute atomic E-state index is 0.264. The van der Waals surface area contributed by atoms with Gasteiger partial charge in [-0.15, -0.1) is 11.3 Å². The van der Waals surface area contributed by atoms with Gasteiger partial charge in [-0.05, 0) is 132 Å². The maximum atomic E-state index is 13.8. The Kier molecular flexibility index (Phi) is 15.5. The number of nitriles is 1. The number of halogens is 2. The zero-order chi connectivity index (χ0) is 37.5. The van der Waals surface area contributed by atoms with Crippen LogP contribution >= 0.6 is 11.3 Å². The van der Waals surface area contributed by atoms with Gasteiger partial charge in [-0.1, -0.05) is 107 Å². The summed E-state index contributed by atoms with van der Waals surface area (Å²) in [4.78, 5) is 13.5. The summed E-state index contributed by atoms with van der Waals surface area (Å²) in [5.41, 5.74) is 9.17. The third-order valence-corrected chi connectivity index (χ3v) is 10.5. The largest absolute Gasteiger partial charge is 0.477 e. The standard InChI is InChI=1S/C46H49F2NO2S/c1-5-7-9-11-13-38(27-32(3)45-39(14-12-10-8-6-2)29-43(52-45)30-40(31-49)46(50)51)33(4)35-17-15-34(16-18-35)28-44(36-19-23-41(47)24-20-36)37-21-25-42(48)26-22-37/h15-30H,5-14H2,1-4H3,(H,50,51)/b32-27+,38-33+,40-30-. The van der Waals surface area contributed by atoms with Gasteiger partial charge in [0.1, 0.15) is 23.3 Å². The first-order chi connectivity index (χ1) is 25.1. The average molecular weight is 718 g/mol. The fourth-order valence-corrected chi connectivity index (χ4v) is 7.40. The van der Waals surface area contributed by atoms with E-state index in [1.807, 2.05) is 12.1 Å². The summed E-state index contributed by atoms with van der Waals surface area (Å²) in [5, 5.41) is 18.9. The van der Waals surface area contributed by atoms with Crippen molar-refractivity contribution in [2.45, 2.75) is 91.9 Å². The monoisotopic (exact) mass is 717 g/mol. The van der Waals surface area contributed by atoms with Crippen LogP contribution in [0.4, 0.5) is 8.78 Å². The molecule has 0 amide bonds. The van der Waals surface area contributed by atoms with Crippen LogP contribution in [0, 0.1) is 23.0 Å². The molecule has 0 fully saturated rings. The minimum atomic E-state index is -1.22. The third kappa shape index (κ3) is 11.6. The maximum absolute atomic E-state index is 13.8. The van der Waals surface area contributed by atoms with E-state index in [2.05, 4.69) is 64.1 Å². The molecule has 52 heavy (non-hydrogen) atoms. The number of nitrogens with zero attached hydrogens (tertiary/aromatic N) is 1. The van der Waals surface area contributed by atoms with E-state index in [0.717, 1.165) is 94.5 Å². The van der Waals surface area contributed by atoms with Crippen LogP contribution < -0.4 is 0 Å². The molecule has 1 heterocycles. The maximum Gasteiger partial charge on any atom is 0.346 e. The first kappa shape index (κ1) is 39.9. The third-order valence-electron chi connectivity index (χ3n) is 9.26. The van der Waals surface area contributed by atoms with Crippen molar-refractivity contribution in [3.8, 4) is 6.07 Å². The second-order valence-electron chi connectivity index (χ2n) is 13.3. The van der Waals surface area contributed by atoms with E-state index in [-0.39, 0.29) is 17.2 Å². The smallest absolute Gasteiger partial charge is 0.346 e. The van der Waals surface area contributed by atoms with Gasteiger partial charge in [0.25, 0.3) is 0 Å². The number of aryl methyl sites for hydroxylation is 1. The van der Waals surface area contributed by atoms with Crippen LogP contribution in [0.2, 0.25) is 0 Å². The Labute approximate surface area is 312 Å². The Morgan fingerprint density at radius 2 is 1.33 bits per heavy atom. The highest BCUT2D eigenvalue weighted by Crippen LogP contribution is 2.35. The van der Waals surface area contributed by atoms with E-state index in [1.165, 1.54) is 59.9 Å². The van der Waals surface area contributed by atoms with Gasteiger partial charge in [0.2, 0.25) is 0 Å². The normalized spacial score (nSPS) is 12.3. The summed E-state index contributed by atoms with van der Waals surface area (Å²) < 4.78 is 27.6. The fourth-order valence-electron chi connectivity index (χ4n) is 6.28. The quantitative estimate of drug-likeness (QED) is 0.0366. The Morgan fingerprint density at radius 1 is 0.769 bits per heavy atom. The molecule has 0 unspecified atom stereocenters. The van der Waals surface area contributed by atoms with Gasteiger partial charge in [-0.25, -0.2) is 13.6 Å². The number of carbonyl (C=O) groups is 1. The topological polar surface area (TPSA) is 61.1 Å². The predicted octanol–water partition coefficient (Wildman–Crippen LogP) is 13.6. The van der Waals surface area contributed by atoms with Crippen molar-refractivity contribution >= 4 is 46.2 Å². The van der Waals surface area contributed by atoms with E-state index in [1.54, 1.807) is 35.6 Å². The highest BCUT2D eigenvalue weighted by molar-refractivity contribution is 7.14. The molecule has 1 aromatic heterocycles.